The van der Waals surface area contributed by atoms with Gasteiger partial charge >= 0.3 is 0 Å². The second-order valence-electron chi connectivity index (χ2n) is 3.74. The fourth-order valence-electron chi connectivity index (χ4n) is 1.19. The zero-order valence-corrected chi connectivity index (χ0v) is 12.4. The van der Waals surface area contributed by atoms with Crippen molar-refractivity contribution >= 4 is 5.84 Å². The fourth-order valence-corrected chi connectivity index (χ4v) is 1.19. The van der Waals surface area contributed by atoms with Crippen LogP contribution in [0.4, 0.5) is 0 Å². The quantitative estimate of drug-likeness (QED) is 0.209. The largest absolute Gasteiger partial charge is 0.409 e. The molecule has 0 aliphatic carbocycles. The molecule has 9 nitrogen and oxygen atoms in total. The van der Waals surface area contributed by atoms with E-state index in [1.54, 1.807) is 25.1 Å². The average Bonchev–Trinajstić information content (AvgIpc) is 2.56. The Morgan fingerprint density at radius 3 is 2.17 bits per heavy atom. The number of hydrogen-bond acceptors (Lipinski definition) is 6. The molecule has 0 saturated heterocycles. The maximum absolute atomic E-state index is 10.9. The van der Waals surface area contributed by atoms with Gasteiger partial charge in [0.2, 0.25) is 0 Å². The van der Waals surface area contributed by atoms with Gasteiger partial charge in [0.1, 0.15) is 11.6 Å². The second kappa shape index (κ2) is 11.3. The summed E-state index contributed by atoms with van der Waals surface area (Å²) in [6.45, 7) is 1.93. The third-order valence-electron chi connectivity index (χ3n) is 2.14. The Hall–Kier alpha value is -3.38. The number of aliphatic hydroxyl groups is 1. The van der Waals surface area contributed by atoms with Crippen molar-refractivity contribution in [2.24, 2.45) is 10.9 Å². The molecule has 0 aromatic carbocycles. The highest BCUT2D eigenvalue weighted by atomic mass is 16.4. The lowest BCUT2D eigenvalue weighted by molar-refractivity contribution is 0.318. The molecule has 0 aliphatic rings. The smallest absolute Gasteiger partial charge is 0.265 e. The number of rotatable bonds is 1. The number of nitriles is 1. The van der Waals surface area contributed by atoms with E-state index >= 15 is 0 Å². The molecule has 2 rings (SSSR count). The summed E-state index contributed by atoms with van der Waals surface area (Å²) in [6.07, 6.45) is 2.96. The first kappa shape index (κ1) is 19.6. The highest BCUT2D eigenvalue weighted by Crippen LogP contribution is 1.86. The minimum atomic E-state index is -0.372. The topological polar surface area (TPSA) is 168 Å². The Bertz CT molecular complexity index is 773. The first-order valence-corrected chi connectivity index (χ1v) is 6.36. The van der Waals surface area contributed by atoms with E-state index < -0.39 is 0 Å². The maximum Gasteiger partial charge on any atom is 0.265 e. The highest BCUT2D eigenvalue weighted by molar-refractivity contribution is 5.96. The average molecular weight is 319 g/mol. The monoisotopic (exact) mass is 319 g/mol. The van der Waals surface area contributed by atoms with Crippen LogP contribution in [0.5, 0.6) is 0 Å². The Labute approximate surface area is 131 Å². The van der Waals surface area contributed by atoms with E-state index in [2.05, 4.69) is 15.1 Å². The standard InChI is InChI=1S/C6H7N3O2.C6H4N2O.C2H6O/c7-5(9-11)4-2-1-3-8-6(4)10;7-4-5-2-1-3-8-6(5)9;1-2-3/h1-3,11H,(H2,7,9)(H,8,10);1-3H,(H,8,9);3H,2H2,1H3. The van der Waals surface area contributed by atoms with Gasteiger partial charge in [-0.2, -0.15) is 5.26 Å². The number of nitrogens with two attached hydrogens (primary N) is 1. The molecule has 2 aromatic heterocycles. The van der Waals surface area contributed by atoms with E-state index in [4.69, 9.17) is 21.3 Å². The van der Waals surface area contributed by atoms with E-state index in [-0.39, 0.29) is 34.7 Å². The molecule has 0 atom stereocenters. The number of oxime groups is 1. The SMILES string of the molecule is CCO.N#Cc1ccc[nH]c1=O.NC(=NO)c1ccc[nH]c1=O. The summed E-state index contributed by atoms with van der Waals surface area (Å²) in [5.41, 5.74) is 4.78. The van der Waals surface area contributed by atoms with E-state index in [0.29, 0.717) is 0 Å². The van der Waals surface area contributed by atoms with Crippen molar-refractivity contribution in [2.45, 2.75) is 6.92 Å². The molecular formula is C14H17N5O4. The summed E-state index contributed by atoms with van der Waals surface area (Å²) in [6, 6.07) is 7.89. The zero-order chi connectivity index (χ0) is 17.7. The Morgan fingerprint density at radius 1 is 1.26 bits per heavy atom. The minimum absolute atomic E-state index is 0.150. The van der Waals surface area contributed by atoms with Gasteiger partial charge in [-0.05, 0) is 31.2 Å². The number of aromatic amines is 2. The van der Waals surface area contributed by atoms with Crippen molar-refractivity contribution in [3.05, 3.63) is 68.5 Å². The van der Waals surface area contributed by atoms with Crippen LogP contribution in [0, 0.1) is 11.3 Å². The van der Waals surface area contributed by atoms with Crippen LogP contribution < -0.4 is 16.9 Å². The number of amidine groups is 1. The Morgan fingerprint density at radius 2 is 1.78 bits per heavy atom. The molecule has 2 aromatic rings. The molecule has 0 saturated carbocycles. The van der Waals surface area contributed by atoms with Gasteiger partial charge in [-0.15, -0.1) is 0 Å². The van der Waals surface area contributed by atoms with Gasteiger partial charge < -0.3 is 26.0 Å². The van der Waals surface area contributed by atoms with Crippen LogP contribution in [-0.4, -0.2) is 32.7 Å². The molecule has 2 heterocycles. The molecule has 0 bridgehead atoms. The molecule has 6 N–H and O–H groups in total. The van der Waals surface area contributed by atoms with Gasteiger partial charge in [0.15, 0.2) is 5.84 Å². The van der Waals surface area contributed by atoms with E-state index in [1.807, 2.05) is 0 Å². The number of H-pyrrole nitrogens is 2. The van der Waals surface area contributed by atoms with E-state index in [9.17, 15) is 9.59 Å². The molecule has 0 fully saturated rings. The second-order valence-corrected chi connectivity index (χ2v) is 3.74. The van der Waals surface area contributed by atoms with Crippen LogP contribution in [0.2, 0.25) is 0 Å². The number of pyridine rings is 2. The lowest BCUT2D eigenvalue weighted by Crippen LogP contribution is -2.23. The number of aromatic nitrogens is 2. The summed E-state index contributed by atoms with van der Waals surface area (Å²) in [5, 5.41) is 26.7. The number of nitrogens with zero attached hydrogens (tertiary/aromatic N) is 2. The van der Waals surface area contributed by atoms with Crippen LogP contribution >= 0.6 is 0 Å². The molecule has 0 aliphatic heterocycles. The van der Waals surface area contributed by atoms with Gasteiger partial charge in [0.25, 0.3) is 11.1 Å². The highest BCUT2D eigenvalue weighted by Gasteiger charge is 2.01. The fraction of sp³-hybridized carbons (Fsp3) is 0.143. The third-order valence-corrected chi connectivity index (χ3v) is 2.14. The summed E-state index contributed by atoms with van der Waals surface area (Å²) in [7, 11) is 0. The molecule has 9 heteroatoms. The maximum atomic E-state index is 10.9. The van der Waals surface area contributed by atoms with Gasteiger partial charge in [0.05, 0.1) is 5.56 Å². The van der Waals surface area contributed by atoms with Crippen molar-refractivity contribution in [2.75, 3.05) is 6.61 Å². The number of aliphatic hydroxyl groups excluding tert-OH is 1. The van der Waals surface area contributed by atoms with Crippen LogP contribution in [0.1, 0.15) is 18.1 Å². The minimum Gasteiger partial charge on any atom is -0.409 e. The Kier molecular flexibility index (Phi) is 9.64. The van der Waals surface area contributed by atoms with Crippen molar-refractivity contribution in [3.63, 3.8) is 0 Å². The van der Waals surface area contributed by atoms with Crippen molar-refractivity contribution in [1.29, 1.82) is 5.26 Å². The molecule has 0 spiro atoms. The van der Waals surface area contributed by atoms with Gasteiger partial charge in [-0.25, -0.2) is 0 Å². The number of hydrogen-bond donors (Lipinski definition) is 5. The summed E-state index contributed by atoms with van der Waals surface area (Å²) >= 11 is 0. The summed E-state index contributed by atoms with van der Waals surface area (Å²) in [4.78, 5) is 26.2. The van der Waals surface area contributed by atoms with Crippen LogP contribution in [-0.2, 0) is 0 Å². The van der Waals surface area contributed by atoms with Gasteiger partial charge in [0, 0.05) is 19.0 Å². The predicted octanol–water partition coefficient (Wildman–Crippen LogP) is -0.285. The summed E-state index contributed by atoms with van der Waals surface area (Å²) in [5.74, 6) is -0.188. The zero-order valence-electron chi connectivity index (χ0n) is 12.4. The molecule has 0 unspecified atom stereocenters. The van der Waals surface area contributed by atoms with Gasteiger partial charge in [-0.1, -0.05) is 5.16 Å². The van der Waals surface area contributed by atoms with E-state index in [1.165, 1.54) is 24.5 Å². The third kappa shape index (κ3) is 7.26. The lowest BCUT2D eigenvalue weighted by Gasteiger charge is -1.93. The molecular weight excluding hydrogens is 302 g/mol. The molecule has 122 valence electrons. The van der Waals surface area contributed by atoms with Gasteiger partial charge in [-0.3, -0.25) is 9.59 Å². The first-order chi connectivity index (χ1) is 11.0. The van der Waals surface area contributed by atoms with Crippen molar-refractivity contribution in [3.8, 4) is 6.07 Å². The Balaban J connectivity index is 0.000000365. The van der Waals surface area contributed by atoms with Crippen LogP contribution in [0.25, 0.3) is 0 Å². The van der Waals surface area contributed by atoms with Crippen LogP contribution in [0.3, 0.4) is 0 Å². The molecule has 0 amide bonds. The molecule has 23 heavy (non-hydrogen) atoms. The summed E-state index contributed by atoms with van der Waals surface area (Å²) < 4.78 is 0. The number of nitrogens with one attached hydrogen (secondary N) is 2. The normalized spacial score (nSPS) is 9.52. The van der Waals surface area contributed by atoms with Crippen molar-refractivity contribution < 1.29 is 10.3 Å². The van der Waals surface area contributed by atoms with Crippen molar-refractivity contribution in [1.82, 2.24) is 9.97 Å². The first-order valence-electron chi connectivity index (χ1n) is 6.36. The molecule has 0 radical (unpaired) electrons. The van der Waals surface area contributed by atoms with E-state index in [0.717, 1.165) is 0 Å². The predicted molar refractivity (Wildman–Crippen MR) is 84.1 cm³/mol. The van der Waals surface area contributed by atoms with Crippen LogP contribution in [0.15, 0.2) is 51.4 Å². The lowest BCUT2D eigenvalue weighted by atomic mass is 10.3.